The van der Waals surface area contributed by atoms with Gasteiger partial charge in [-0.15, -0.1) is 0 Å². The maximum atomic E-state index is 12.4. The largest absolute Gasteiger partial charge is 0.478 e. The van der Waals surface area contributed by atoms with Crippen LogP contribution in [0.25, 0.3) is 10.8 Å². The number of carboxylic acid groups (broad SMARTS) is 1. The molecule has 26 heavy (non-hydrogen) atoms. The zero-order valence-corrected chi connectivity index (χ0v) is 14.5. The molecule has 0 spiro atoms. The van der Waals surface area contributed by atoms with Crippen molar-refractivity contribution in [3.05, 3.63) is 77.4 Å². The maximum Gasteiger partial charge on any atom is 0.354 e. The fourth-order valence-corrected chi connectivity index (χ4v) is 3.43. The van der Waals surface area contributed by atoms with Crippen LogP contribution in [0.15, 0.2) is 65.6 Å². The average Bonchev–Trinajstić information content (AvgIpc) is 2.60. The number of hydrogen-bond acceptors (Lipinski definition) is 5. The van der Waals surface area contributed by atoms with Crippen molar-refractivity contribution in [2.45, 2.75) is 11.8 Å². The number of hydrogen-bond donors (Lipinski definition) is 1. The minimum absolute atomic E-state index is 0.0125. The molecule has 0 heterocycles. The molecular formula is C19H14O6S. The van der Waals surface area contributed by atoms with Crippen LogP contribution in [-0.2, 0) is 14.3 Å². The van der Waals surface area contributed by atoms with Crippen molar-refractivity contribution < 1.29 is 27.3 Å². The molecule has 0 amide bonds. The summed E-state index contributed by atoms with van der Waals surface area (Å²) >= 11 is 0. The Morgan fingerprint density at radius 3 is 1.96 bits per heavy atom. The smallest absolute Gasteiger partial charge is 0.354 e. The molecule has 132 valence electrons. The zero-order chi connectivity index (χ0) is 18.9. The second-order valence-electron chi connectivity index (χ2n) is 5.65. The lowest BCUT2D eigenvalue weighted by atomic mass is 10.0. The van der Waals surface area contributed by atoms with E-state index in [0.717, 1.165) is 5.56 Å². The lowest BCUT2D eigenvalue weighted by Crippen LogP contribution is -2.14. The fraction of sp³-hybridized carbons (Fsp3) is 0.0526. The Bertz CT molecular complexity index is 1110. The van der Waals surface area contributed by atoms with Gasteiger partial charge in [-0.05, 0) is 42.0 Å². The van der Waals surface area contributed by atoms with Crippen LogP contribution in [0.5, 0.6) is 0 Å². The van der Waals surface area contributed by atoms with Crippen LogP contribution in [0.4, 0.5) is 0 Å². The summed E-state index contributed by atoms with van der Waals surface area (Å²) in [5.74, 6) is -2.22. The molecule has 0 aliphatic heterocycles. The van der Waals surface area contributed by atoms with Gasteiger partial charge in [-0.25, -0.2) is 9.59 Å². The van der Waals surface area contributed by atoms with E-state index >= 15 is 0 Å². The lowest BCUT2D eigenvalue weighted by Gasteiger charge is -2.09. The number of carboxylic acids is 1. The number of rotatable bonds is 4. The number of fused-ring (bicyclic) bond motifs is 1. The minimum atomic E-state index is -4.29. The van der Waals surface area contributed by atoms with E-state index in [1.807, 2.05) is 0 Å². The molecule has 0 aliphatic rings. The minimum Gasteiger partial charge on any atom is -0.478 e. The van der Waals surface area contributed by atoms with Crippen molar-refractivity contribution in [1.82, 2.24) is 0 Å². The molecule has 0 unspecified atom stereocenters. The van der Waals surface area contributed by atoms with Gasteiger partial charge in [0, 0.05) is 0 Å². The van der Waals surface area contributed by atoms with E-state index in [1.54, 1.807) is 25.1 Å². The molecule has 0 saturated carbocycles. The standard InChI is InChI=1S/C19H14O6S/c1-12-8-10-13(11-9-12)26(23,24)25-19(22)17-7-3-4-14-15(17)5-2-6-16(14)18(20)21/h2-11H,1H3,(H,20,21). The molecule has 1 N–H and O–H groups in total. The van der Waals surface area contributed by atoms with Crippen LogP contribution in [0, 0.1) is 6.92 Å². The van der Waals surface area contributed by atoms with Crippen LogP contribution in [-0.4, -0.2) is 25.5 Å². The van der Waals surface area contributed by atoms with E-state index in [-0.39, 0.29) is 16.0 Å². The lowest BCUT2D eigenvalue weighted by molar-refractivity contribution is 0.0696. The molecular weight excluding hydrogens is 356 g/mol. The summed E-state index contributed by atoms with van der Waals surface area (Å²) in [6.07, 6.45) is 0. The molecule has 3 rings (SSSR count). The van der Waals surface area contributed by atoms with Gasteiger partial charge < -0.3 is 9.29 Å². The van der Waals surface area contributed by atoms with Crippen molar-refractivity contribution in [1.29, 1.82) is 0 Å². The molecule has 0 fully saturated rings. The zero-order valence-electron chi connectivity index (χ0n) is 13.7. The Labute approximate surface area is 149 Å². The predicted octanol–water partition coefficient (Wildman–Crippen LogP) is 3.39. The molecule has 3 aromatic carbocycles. The molecule has 0 bridgehead atoms. The van der Waals surface area contributed by atoms with Crippen molar-refractivity contribution in [3.63, 3.8) is 0 Å². The highest BCUT2D eigenvalue weighted by atomic mass is 32.2. The maximum absolute atomic E-state index is 12.4. The number of aromatic carboxylic acids is 1. The van der Waals surface area contributed by atoms with Gasteiger partial charge >= 0.3 is 22.1 Å². The molecule has 7 heteroatoms. The first-order valence-electron chi connectivity index (χ1n) is 7.60. The van der Waals surface area contributed by atoms with Crippen molar-refractivity contribution in [3.8, 4) is 0 Å². The second-order valence-corrected chi connectivity index (χ2v) is 7.20. The Morgan fingerprint density at radius 1 is 0.846 bits per heavy atom. The van der Waals surface area contributed by atoms with Crippen molar-refractivity contribution >= 4 is 32.8 Å². The third-order valence-electron chi connectivity index (χ3n) is 3.87. The third kappa shape index (κ3) is 3.29. The quantitative estimate of drug-likeness (QED) is 0.707. The van der Waals surface area contributed by atoms with E-state index in [1.165, 1.54) is 42.5 Å². The fourth-order valence-electron chi connectivity index (χ4n) is 2.57. The van der Waals surface area contributed by atoms with Gasteiger partial charge in [0.15, 0.2) is 0 Å². The van der Waals surface area contributed by atoms with Crippen LogP contribution in [0.1, 0.15) is 26.3 Å². The second kappa shape index (κ2) is 6.61. The average molecular weight is 370 g/mol. The van der Waals surface area contributed by atoms with E-state index in [9.17, 15) is 23.1 Å². The first-order valence-corrected chi connectivity index (χ1v) is 9.01. The Balaban J connectivity index is 2.02. The number of aryl methyl sites for hydroxylation is 1. The summed E-state index contributed by atoms with van der Waals surface area (Å²) in [5.41, 5.74) is 0.852. The summed E-state index contributed by atoms with van der Waals surface area (Å²) in [6, 6.07) is 14.7. The van der Waals surface area contributed by atoms with E-state index in [4.69, 9.17) is 4.18 Å². The van der Waals surface area contributed by atoms with Gasteiger partial charge in [-0.3, -0.25) is 0 Å². The third-order valence-corrected chi connectivity index (χ3v) is 5.09. The van der Waals surface area contributed by atoms with Crippen molar-refractivity contribution in [2.24, 2.45) is 0 Å². The number of benzene rings is 3. The van der Waals surface area contributed by atoms with Crippen LogP contribution < -0.4 is 0 Å². The Morgan fingerprint density at radius 2 is 1.38 bits per heavy atom. The summed E-state index contributed by atoms with van der Waals surface area (Å²) in [4.78, 5) is 23.6. The number of carbonyl (C=O) groups excluding carboxylic acids is 1. The molecule has 3 aromatic rings. The molecule has 0 atom stereocenters. The summed E-state index contributed by atoms with van der Waals surface area (Å²) in [7, 11) is -4.29. The summed E-state index contributed by atoms with van der Waals surface area (Å²) < 4.78 is 29.3. The topological polar surface area (TPSA) is 97.7 Å². The molecule has 0 aliphatic carbocycles. The van der Waals surface area contributed by atoms with Gasteiger partial charge in [0.1, 0.15) is 4.90 Å². The van der Waals surface area contributed by atoms with Gasteiger partial charge in [-0.2, -0.15) is 8.42 Å². The van der Waals surface area contributed by atoms with Crippen LogP contribution in [0.2, 0.25) is 0 Å². The summed E-state index contributed by atoms with van der Waals surface area (Å²) in [6.45, 7) is 1.80. The van der Waals surface area contributed by atoms with E-state index in [2.05, 4.69) is 0 Å². The van der Waals surface area contributed by atoms with Crippen molar-refractivity contribution in [2.75, 3.05) is 0 Å². The highest BCUT2D eigenvalue weighted by molar-refractivity contribution is 7.87. The molecule has 0 saturated heterocycles. The molecule has 0 radical (unpaired) electrons. The highest BCUT2D eigenvalue weighted by Crippen LogP contribution is 2.24. The normalized spacial score (nSPS) is 11.3. The van der Waals surface area contributed by atoms with Crippen LogP contribution >= 0.6 is 0 Å². The van der Waals surface area contributed by atoms with Crippen LogP contribution in [0.3, 0.4) is 0 Å². The van der Waals surface area contributed by atoms with Gasteiger partial charge in [0.25, 0.3) is 0 Å². The van der Waals surface area contributed by atoms with E-state index < -0.39 is 22.1 Å². The molecule has 0 aromatic heterocycles. The summed E-state index contributed by atoms with van der Waals surface area (Å²) in [5, 5.41) is 9.88. The monoisotopic (exact) mass is 370 g/mol. The Kier molecular flexibility index (Phi) is 4.48. The first-order chi connectivity index (χ1) is 12.3. The number of carbonyl (C=O) groups is 2. The van der Waals surface area contributed by atoms with Gasteiger partial charge in [0.2, 0.25) is 0 Å². The SMILES string of the molecule is Cc1ccc(S(=O)(=O)OC(=O)c2cccc3c(C(=O)O)cccc23)cc1. The predicted molar refractivity (Wildman–Crippen MR) is 94.7 cm³/mol. The molecule has 6 nitrogen and oxygen atoms in total. The van der Waals surface area contributed by atoms with Gasteiger partial charge in [0.05, 0.1) is 11.1 Å². The first kappa shape index (κ1) is 17.6. The van der Waals surface area contributed by atoms with E-state index in [0.29, 0.717) is 10.8 Å². The highest BCUT2D eigenvalue weighted by Gasteiger charge is 2.23. The Hall–Kier alpha value is -3.19. The van der Waals surface area contributed by atoms with Gasteiger partial charge in [-0.1, -0.05) is 42.0 Å².